The topological polar surface area (TPSA) is 72.1 Å². The Balaban J connectivity index is 1.90. The summed E-state index contributed by atoms with van der Waals surface area (Å²) in [4.78, 5) is 8.30. The van der Waals surface area contributed by atoms with Gasteiger partial charge in [0.25, 0.3) is 0 Å². The maximum Gasteiger partial charge on any atom is 0.230 e. The third-order valence-corrected chi connectivity index (χ3v) is 5.86. The molecule has 1 saturated heterocycles. The molecule has 0 radical (unpaired) electrons. The van der Waals surface area contributed by atoms with E-state index in [9.17, 15) is 5.11 Å². The molecule has 8 heteroatoms. The summed E-state index contributed by atoms with van der Waals surface area (Å²) >= 11 is 1.47. The van der Waals surface area contributed by atoms with Crippen LogP contribution in [0.1, 0.15) is 35.1 Å². The molecule has 1 atom stereocenters. The normalized spacial score (nSPS) is 16.3. The molecule has 3 aromatic rings. The van der Waals surface area contributed by atoms with Crippen molar-refractivity contribution in [2.75, 3.05) is 27.3 Å². The molecule has 0 bridgehead atoms. The fraction of sp³-hybridized carbons (Fsp3) is 0.444. The number of likely N-dealkylation sites (tertiary alicyclic amines) is 1. The van der Waals surface area contributed by atoms with Gasteiger partial charge in [0.2, 0.25) is 10.8 Å². The van der Waals surface area contributed by atoms with Gasteiger partial charge in [-0.1, -0.05) is 23.5 Å². The molecule has 4 rings (SSSR count). The smallest absolute Gasteiger partial charge is 0.230 e. The van der Waals surface area contributed by atoms with Crippen LogP contribution in [0.3, 0.4) is 0 Å². The predicted octanol–water partition coefficient (Wildman–Crippen LogP) is 3.01. The average molecular weight is 374 g/mol. The molecule has 2 aromatic heterocycles. The predicted molar refractivity (Wildman–Crippen MR) is 99.5 cm³/mol. The average Bonchev–Trinajstić information content (AvgIpc) is 3.35. The highest BCUT2D eigenvalue weighted by Gasteiger charge is 2.33. The van der Waals surface area contributed by atoms with E-state index in [0.29, 0.717) is 22.3 Å². The van der Waals surface area contributed by atoms with E-state index in [1.54, 1.807) is 14.2 Å². The molecule has 1 N–H and O–H groups in total. The van der Waals surface area contributed by atoms with Crippen LogP contribution < -0.4 is 9.47 Å². The number of aryl methyl sites for hydroxylation is 1. The summed E-state index contributed by atoms with van der Waals surface area (Å²) in [5.41, 5.74) is 0.977. The summed E-state index contributed by atoms with van der Waals surface area (Å²) in [6.45, 7) is 3.76. The second-order valence-electron chi connectivity index (χ2n) is 6.37. The number of fused-ring (bicyclic) bond motifs is 1. The molecule has 1 aliphatic rings. The molecular formula is C18H22N4O3S. The van der Waals surface area contributed by atoms with E-state index < -0.39 is 0 Å². The standard InChI is InChI=1S/C18H22N4O3S/c1-11-19-18-22(20-11)17(23)16(26-18)14(21-9-4-5-10-21)12-7-6-8-13(24-2)15(12)25-3/h6-8,14,23H,4-5,9-10H2,1-3H3/t14-/m0/s1. The van der Waals surface area contributed by atoms with Crippen LogP contribution in [0, 0.1) is 6.92 Å². The first-order valence-electron chi connectivity index (χ1n) is 8.64. The van der Waals surface area contributed by atoms with E-state index in [1.807, 2.05) is 25.1 Å². The van der Waals surface area contributed by atoms with Crippen molar-refractivity contribution in [3.8, 4) is 17.4 Å². The van der Waals surface area contributed by atoms with Gasteiger partial charge in [-0.15, -0.1) is 5.10 Å². The van der Waals surface area contributed by atoms with Gasteiger partial charge in [0.1, 0.15) is 5.82 Å². The van der Waals surface area contributed by atoms with Gasteiger partial charge in [0, 0.05) is 5.56 Å². The quantitative estimate of drug-likeness (QED) is 0.740. The molecule has 26 heavy (non-hydrogen) atoms. The minimum absolute atomic E-state index is 0.128. The zero-order valence-corrected chi connectivity index (χ0v) is 15.9. The Kier molecular flexibility index (Phi) is 4.46. The van der Waals surface area contributed by atoms with Crippen molar-refractivity contribution in [2.45, 2.75) is 25.8 Å². The van der Waals surface area contributed by atoms with Crippen molar-refractivity contribution in [1.29, 1.82) is 0 Å². The van der Waals surface area contributed by atoms with E-state index in [0.717, 1.165) is 36.4 Å². The number of methoxy groups -OCH3 is 2. The minimum Gasteiger partial charge on any atom is -0.493 e. The van der Waals surface area contributed by atoms with Crippen LogP contribution in [-0.4, -0.2) is 51.9 Å². The maximum absolute atomic E-state index is 10.9. The van der Waals surface area contributed by atoms with Crippen LogP contribution in [-0.2, 0) is 0 Å². The van der Waals surface area contributed by atoms with Gasteiger partial charge in [-0.05, 0) is 38.9 Å². The Morgan fingerprint density at radius 2 is 1.96 bits per heavy atom. The summed E-state index contributed by atoms with van der Waals surface area (Å²) in [6.07, 6.45) is 2.28. The van der Waals surface area contributed by atoms with Crippen molar-refractivity contribution in [3.05, 3.63) is 34.5 Å². The van der Waals surface area contributed by atoms with Crippen LogP contribution in [0.15, 0.2) is 18.2 Å². The Bertz CT molecular complexity index is 930. The number of thiazole rings is 1. The summed E-state index contributed by atoms with van der Waals surface area (Å²) in [5, 5.41) is 15.2. The largest absolute Gasteiger partial charge is 0.493 e. The highest BCUT2D eigenvalue weighted by Crippen LogP contribution is 2.46. The highest BCUT2D eigenvalue weighted by molar-refractivity contribution is 7.17. The van der Waals surface area contributed by atoms with Crippen LogP contribution in [0.5, 0.6) is 17.4 Å². The molecule has 0 spiro atoms. The van der Waals surface area contributed by atoms with E-state index in [4.69, 9.17) is 9.47 Å². The SMILES string of the molecule is COc1cccc([C@@H](c2sc3nc(C)nn3c2O)N2CCCC2)c1OC. The lowest BCUT2D eigenvalue weighted by atomic mass is 10.0. The molecule has 3 heterocycles. The number of benzene rings is 1. The van der Waals surface area contributed by atoms with E-state index in [2.05, 4.69) is 15.0 Å². The van der Waals surface area contributed by atoms with E-state index in [1.165, 1.54) is 15.9 Å². The van der Waals surface area contributed by atoms with Crippen LogP contribution in [0.4, 0.5) is 0 Å². The summed E-state index contributed by atoms with van der Waals surface area (Å²) in [7, 11) is 3.28. The van der Waals surface area contributed by atoms with E-state index in [-0.39, 0.29) is 11.9 Å². The molecule has 138 valence electrons. The Morgan fingerprint density at radius 3 is 2.62 bits per heavy atom. The molecule has 0 unspecified atom stereocenters. The number of para-hydroxylation sites is 1. The second-order valence-corrected chi connectivity index (χ2v) is 7.38. The molecule has 0 aliphatic carbocycles. The second kappa shape index (κ2) is 6.77. The van der Waals surface area contributed by atoms with Gasteiger partial charge in [0.05, 0.1) is 25.1 Å². The Morgan fingerprint density at radius 1 is 1.19 bits per heavy atom. The summed E-state index contributed by atoms with van der Waals surface area (Å²) in [6, 6.07) is 5.74. The molecule has 0 amide bonds. The number of aromatic nitrogens is 3. The van der Waals surface area contributed by atoms with Crippen molar-refractivity contribution >= 4 is 16.3 Å². The van der Waals surface area contributed by atoms with Crippen molar-refractivity contribution in [3.63, 3.8) is 0 Å². The summed E-state index contributed by atoms with van der Waals surface area (Å²) < 4.78 is 12.7. The molecular weight excluding hydrogens is 352 g/mol. The fourth-order valence-electron chi connectivity index (χ4n) is 3.66. The molecule has 7 nitrogen and oxygen atoms in total. The van der Waals surface area contributed by atoms with Gasteiger partial charge < -0.3 is 14.6 Å². The molecule has 1 aromatic carbocycles. The number of hydrogen-bond acceptors (Lipinski definition) is 7. The highest BCUT2D eigenvalue weighted by atomic mass is 32.1. The number of aromatic hydroxyl groups is 1. The van der Waals surface area contributed by atoms with Gasteiger partial charge in [-0.2, -0.15) is 4.52 Å². The first kappa shape index (κ1) is 17.1. The van der Waals surface area contributed by atoms with Crippen LogP contribution in [0.25, 0.3) is 4.96 Å². The van der Waals surface area contributed by atoms with Crippen molar-refractivity contribution < 1.29 is 14.6 Å². The molecule has 0 saturated carbocycles. The van der Waals surface area contributed by atoms with Gasteiger partial charge in [-0.3, -0.25) is 4.90 Å². The third kappa shape index (κ3) is 2.69. The first-order valence-corrected chi connectivity index (χ1v) is 9.45. The minimum atomic E-state index is -0.128. The number of nitrogens with zero attached hydrogens (tertiary/aromatic N) is 4. The fourth-order valence-corrected chi connectivity index (χ4v) is 4.81. The van der Waals surface area contributed by atoms with Crippen molar-refractivity contribution in [2.24, 2.45) is 0 Å². The third-order valence-electron chi connectivity index (χ3n) is 4.79. The number of hydrogen-bond donors (Lipinski definition) is 1. The van der Waals surface area contributed by atoms with Gasteiger partial charge in [-0.25, -0.2) is 4.98 Å². The number of rotatable bonds is 5. The van der Waals surface area contributed by atoms with Gasteiger partial charge in [0.15, 0.2) is 11.5 Å². The number of ether oxygens (including phenoxy) is 2. The Labute approximate surface area is 155 Å². The molecule has 1 aliphatic heterocycles. The monoisotopic (exact) mass is 374 g/mol. The zero-order chi connectivity index (χ0) is 18.3. The first-order chi connectivity index (χ1) is 12.6. The lowest BCUT2D eigenvalue weighted by Gasteiger charge is -2.28. The van der Waals surface area contributed by atoms with Crippen LogP contribution in [0.2, 0.25) is 0 Å². The van der Waals surface area contributed by atoms with Crippen molar-refractivity contribution in [1.82, 2.24) is 19.5 Å². The van der Waals surface area contributed by atoms with Gasteiger partial charge >= 0.3 is 0 Å². The lowest BCUT2D eigenvalue weighted by Crippen LogP contribution is -2.26. The van der Waals surface area contributed by atoms with Crippen LogP contribution >= 0.6 is 11.3 Å². The summed E-state index contributed by atoms with van der Waals surface area (Å²) in [5.74, 6) is 2.17. The van der Waals surface area contributed by atoms with E-state index >= 15 is 0 Å². The maximum atomic E-state index is 10.9. The zero-order valence-electron chi connectivity index (χ0n) is 15.1. The Hall–Kier alpha value is -2.32. The molecule has 1 fully saturated rings. The lowest BCUT2D eigenvalue weighted by molar-refractivity contribution is 0.267.